The molecule has 0 saturated heterocycles. The highest BCUT2D eigenvalue weighted by Gasteiger charge is 2.24. The molecule has 2 aromatic carbocycles. The fourth-order valence-electron chi connectivity index (χ4n) is 2.58. The number of anilines is 1. The Kier molecular flexibility index (Phi) is 6.66. The van der Waals surface area contributed by atoms with Gasteiger partial charge >= 0.3 is 5.97 Å². The number of nitrogens with zero attached hydrogens (tertiary/aromatic N) is 2. The van der Waals surface area contributed by atoms with Crippen molar-refractivity contribution in [1.82, 2.24) is 9.78 Å². The van der Waals surface area contributed by atoms with Gasteiger partial charge < -0.3 is 14.8 Å². The van der Waals surface area contributed by atoms with Gasteiger partial charge in [-0.25, -0.2) is 9.48 Å². The Morgan fingerprint density at radius 2 is 1.83 bits per heavy atom. The smallest absolute Gasteiger partial charge is 0.343 e. The van der Waals surface area contributed by atoms with Gasteiger partial charge in [-0.2, -0.15) is 5.10 Å². The summed E-state index contributed by atoms with van der Waals surface area (Å²) in [6.07, 6.45) is 0.575. The topological polar surface area (TPSA) is 82.5 Å². The molecule has 0 fully saturated rings. The van der Waals surface area contributed by atoms with E-state index in [-0.39, 0.29) is 18.0 Å². The van der Waals surface area contributed by atoms with Crippen molar-refractivity contribution < 1.29 is 19.1 Å². The Labute approximate surface area is 176 Å². The van der Waals surface area contributed by atoms with Crippen molar-refractivity contribution in [1.29, 1.82) is 0 Å². The van der Waals surface area contributed by atoms with E-state index in [4.69, 9.17) is 9.47 Å². The number of esters is 1. The van der Waals surface area contributed by atoms with Crippen molar-refractivity contribution in [3.8, 4) is 11.4 Å². The number of hydrogen-bond donors (Lipinski definition) is 1. The van der Waals surface area contributed by atoms with Crippen LogP contribution >= 0.6 is 15.9 Å². The van der Waals surface area contributed by atoms with E-state index in [1.54, 1.807) is 26.0 Å². The molecule has 0 bridgehead atoms. The van der Waals surface area contributed by atoms with Crippen molar-refractivity contribution >= 4 is 33.6 Å². The molecule has 8 heteroatoms. The van der Waals surface area contributed by atoms with Crippen molar-refractivity contribution in [2.75, 3.05) is 11.9 Å². The quantitative estimate of drug-likeness (QED) is 0.537. The summed E-state index contributed by atoms with van der Waals surface area (Å²) in [6, 6.07) is 16.3. The van der Waals surface area contributed by atoms with Gasteiger partial charge in [-0.05, 0) is 50.2 Å². The Hall–Kier alpha value is -3.13. The highest BCUT2D eigenvalue weighted by atomic mass is 79.9. The summed E-state index contributed by atoms with van der Waals surface area (Å²) < 4.78 is 13.2. The summed E-state index contributed by atoms with van der Waals surface area (Å²) in [4.78, 5) is 25.1. The van der Waals surface area contributed by atoms with Crippen LogP contribution in [-0.2, 0) is 9.53 Å². The number of aromatic nitrogens is 2. The lowest BCUT2D eigenvalue weighted by Crippen LogP contribution is -2.31. The molecule has 3 aromatic rings. The molecule has 3 rings (SSSR count). The summed E-state index contributed by atoms with van der Waals surface area (Å²) in [6.45, 7) is 3.56. The van der Waals surface area contributed by atoms with Gasteiger partial charge in [0.05, 0.1) is 18.5 Å². The SMILES string of the molecule is CCOC(=O)c1cnn(-c2ccccc2)c1NC(=O)C(C)Oc1ccc(Br)cc1. The second kappa shape index (κ2) is 9.38. The van der Waals surface area contributed by atoms with Gasteiger partial charge in [-0.3, -0.25) is 4.79 Å². The van der Waals surface area contributed by atoms with Gasteiger partial charge in [-0.15, -0.1) is 0 Å². The first-order valence-corrected chi connectivity index (χ1v) is 9.82. The molecule has 1 amide bonds. The highest BCUT2D eigenvalue weighted by molar-refractivity contribution is 9.10. The van der Waals surface area contributed by atoms with E-state index in [0.29, 0.717) is 11.4 Å². The predicted molar refractivity (Wildman–Crippen MR) is 112 cm³/mol. The summed E-state index contributed by atoms with van der Waals surface area (Å²) in [5.41, 5.74) is 0.861. The zero-order valence-electron chi connectivity index (χ0n) is 16.0. The van der Waals surface area contributed by atoms with Crippen LogP contribution in [0.1, 0.15) is 24.2 Å². The first-order chi connectivity index (χ1) is 14.0. The van der Waals surface area contributed by atoms with Gasteiger partial charge in [0.2, 0.25) is 0 Å². The maximum absolute atomic E-state index is 12.8. The summed E-state index contributed by atoms with van der Waals surface area (Å²) in [5, 5.41) is 7.01. The van der Waals surface area contributed by atoms with Crippen molar-refractivity contribution in [3.63, 3.8) is 0 Å². The first-order valence-electron chi connectivity index (χ1n) is 9.03. The minimum atomic E-state index is -0.801. The Bertz CT molecular complexity index is 987. The maximum Gasteiger partial charge on any atom is 0.343 e. The minimum absolute atomic E-state index is 0.167. The van der Waals surface area contributed by atoms with E-state index in [9.17, 15) is 9.59 Å². The van der Waals surface area contributed by atoms with Crippen LogP contribution in [-0.4, -0.2) is 34.4 Å². The standard InChI is InChI=1S/C21H20BrN3O4/c1-3-28-21(27)18-13-23-25(16-7-5-4-6-8-16)19(18)24-20(26)14(2)29-17-11-9-15(22)10-12-17/h4-14H,3H2,1-2H3,(H,24,26). The van der Waals surface area contributed by atoms with Crippen molar-refractivity contribution in [2.45, 2.75) is 20.0 Å². The molecule has 1 heterocycles. The van der Waals surface area contributed by atoms with Crippen molar-refractivity contribution in [2.24, 2.45) is 0 Å². The maximum atomic E-state index is 12.8. The van der Waals surface area contributed by atoms with Crippen LogP contribution in [0.2, 0.25) is 0 Å². The van der Waals surface area contributed by atoms with E-state index >= 15 is 0 Å². The Morgan fingerprint density at radius 1 is 1.14 bits per heavy atom. The zero-order chi connectivity index (χ0) is 20.8. The van der Waals surface area contributed by atoms with Crippen molar-refractivity contribution in [3.05, 3.63) is 70.8 Å². The average molecular weight is 458 g/mol. The van der Waals surface area contributed by atoms with Gasteiger partial charge in [0.25, 0.3) is 5.91 Å². The summed E-state index contributed by atoms with van der Waals surface area (Å²) >= 11 is 3.36. The second-order valence-corrected chi connectivity index (χ2v) is 6.99. The van der Waals surface area contributed by atoms with E-state index in [1.807, 2.05) is 42.5 Å². The largest absolute Gasteiger partial charge is 0.481 e. The van der Waals surface area contributed by atoms with Gasteiger partial charge in [0, 0.05) is 4.47 Å². The number of rotatable bonds is 7. The molecule has 0 aliphatic carbocycles. The third-order valence-electron chi connectivity index (χ3n) is 4.00. The molecule has 0 spiro atoms. The van der Waals surface area contributed by atoms with E-state index in [2.05, 4.69) is 26.3 Å². The number of benzene rings is 2. The monoisotopic (exact) mass is 457 g/mol. The van der Waals surface area contributed by atoms with Gasteiger partial charge in [0.1, 0.15) is 11.3 Å². The summed E-state index contributed by atoms with van der Waals surface area (Å²) in [5.74, 6) is -0.202. The third kappa shape index (κ3) is 5.03. The molecule has 0 radical (unpaired) electrons. The lowest BCUT2D eigenvalue weighted by molar-refractivity contribution is -0.122. The Balaban J connectivity index is 1.85. The number of carbonyl (C=O) groups excluding carboxylic acids is 2. The fraction of sp³-hybridized carbons (Fsp3) is 0.190. The molecule has 1 unspecified atom stereocenters. The fourth-order valence-corrected chi connectivity index (χ4v) is 2.85. The van der Waals surface area contributed by atoms with E-state index in [1.165, 1.54) is 10.9 Å². The molecular formula is C21H20BrN3O4. The lowest BCUT2D eigenvalue weighted by Gasteiger charge is -2.16. The normalized spacial score (nSPS) is 11.6. The molecule has 0 saturated carbocycles. The van der Waals surface area contributed by atoms with Crippen LogP contribution in [0.4, 0.5) is 5.82 Å². The second-order valence-electron chi connectivity index (χ2n) is 6.08. The number of para-hydroxylation sites is 1. The van der Waals surface area contributed by atoms with Crippen LogP contribution in [0.5, 0.6) is 5.75 Å². The molecule has 1 aromatic heterocycles. The van der Waals surface area contributed by atoms with Crippen LogP contribution in [0.3, 0.4) is 0 Å². The molecule has 7 nitrogen and oxygen atoms in total. The molecule has 1 N–H and O–H groups in total. The number of amides is 1. The van der Waals surface area contributed by atoms with Crippen LogP contribution < -0.4 is 10.1 Å². The molecular weight excluding hydrogens is 438 g/mol. The number of carbonyl (C=O) groups is 2. The number of hydrogen-bond acceptors (Lipinski definition) is 5. The number of ether oxygens (including phenoxy) is 2. The molecule has 0 aliphatic rings. The lowest BCUT2D eigenvalue weighted by atomic mass is 10.2. The highest BCUT2D eigenvalue weighted by Crippen LogP contribution is 2.22. The zero-order valence-corrected chi connectivity index (χ0v) is 17.5. The van der Waals surface area contributed by atoms with Gasteiger partial charge in [-0.1, -0.05) is 34.1 Å². The van der Waals surface area contributed by atoms with Crippen LogP contribution in [0.15, 0.2) is 65.3 Å². The predicted octanol–water partition coefficient (Wildman–Crippen LogP) is 4.22. The van der Waals surface area contributed by atoms with Crippen LogP contribution in [0, 0.1) is 0 Å². The van der Waals surface area contributed by atoms with Crippen LogP contribution in [0.25, 0.3) is 5.69 Å². The summed E-state index contributed by atoms with van der Waals surface area (Å²) in [7, 11) is 0. The molecule has 150 valence electrons. The van der Waals surface area contributed by atoms with E-state index < -0.39 is 18.0 Å². The Morgan fingerprint density at radius 3 is 2.48 bits per heavy atom. The van der Waals surface area contributed by atoms with E-state index in [0.717, 1.165) is 4.47 Å². The molecule has 1 atom stereocenters. The minimum Gasteiger partial charge on any atom is -0.481 e. The first kappa shape index (κ1) is 20.6. The molecule has 29 heavy (non-hydrogen) atoms. The van der Waals surface area contributed by atoms with Gasteiger partial charge in [0.15, 0.2) is 11.9 Å². The molecule has 0 aliphatic heterocycles. The third-order valence-corrected chi connectivity index (χ3v) is 4.53. The number of nitrogens with one attached hydrogen (secondary N) is 1. The average Bonchev–Trinajstić information content (AvgIpc) is 3.14. The number of halogens is 1.